The Bertz CT molecular complexity index is 389. The molecule has 0 atom stereocenters. The van der Waals surface area contributed by atoms with Gasteiger partial charge in [-0.25, -0.2) is 9.97 Å². The van der Waals surface area contributed by atoms with E-state index in [1.807, 2.05) is 0 Å². The van der Waals surface area contributed by atoms with Gasteiger partial charge in [-0.3, -0.25) is 4.79 Å². The van der Waals surface area contributed by atoms with Crippen molar-refractivity contribution in [1.29, 1.82) is 0 Å². The number of aliphatic hydroxyl groups excluding tert-OH is 3. The van der Waals surface area contributed by atoms with Crippen molar-refractivity contribution in [2.24, 2.45) is 0 Å². The van der Waals surface area contributed by atoms with E-state index in [9.17, 15) is 4.79 Å². The molecule has 0 saturated heterocycles. The fraction of sp³-hybridized carbons (Fsp3) is 0.545. The van der Waals surface area contributed by atoms with Crippen molar-refractivity contribution in [3.63, 3.8) is 0 Å². The number of anilines is 1. The van der Waals surface area contributed by atoms with Crippen LogP contribution >= 0.6 is 0 Å². The number of nitrogens with zero attached hydrogens (tertiary/aromatic N) is 3. The molecule has 0 radical (unpaired) electrons. The summed E-state index contributed by atoms with van der Waals surface area (Å²) in [6.07, 6.45) is 3.10. The zero-order valence-corrected chi connectivity index (χ0v) is 10.7. The van der Waals surface area contributed by atoms with Crippen molar-refractivity contribution in [3.8, 4) is 0 Å². The number of hydrogen-bond donors (Lipinski definition) is 4. The first kappa shape index (κ1) is 15.3. The molecule has 8 heteroatoms. The van der Waals surface area contributed by atoms with E-state index >= 15 is 0 Å². The quantitative estimate of drug-likeness (QED) is 0.441. The monoisotopic (exact) mass is 270 g/mol. The zero-order chi connectivity index (χ0) is 14.3. The normalized spacial score (nSPS) is 11.2. The van der Waals surface area contributed by atoms with Gasteiger partial charge < -0.3 is 25.5 Å². The summed E-state index contributed by atoms with van der Waals surface area (Å²) in [7, 11) is 1.63. The van der Waals surface area contributed by atoms with E-state index in [-0.39, 0.29) is 6.54 Å². The molecule has 1 aromatic heterocycles. The average molecular weight is 270 g/mol. The Morgan fingerprint density at radius 2 is 1.79 bits per heavy atom. The van der Waals surface area contributed by atoms with Crippen LogP contribution in [-0.4, -0.2) is 70.1 Å². The number of amides is 1. The molecular formula is C11H18N4O4. The number of likely N-dealkylation sites (N-methyl/N-ethyl adjacent to an activating group) is 1. The summed E-state index contributed by atoms with van der Waals surface area (Å²) < 4.78 is 0. The second-order valence-corrected chi connectivity index (χ2v) is 4.21. The lowest BCUT2D eigenvalue weighted by Gasteiger charge is -2.29. The van der Waals surface area contributed by atoms with E-state index in [0.29, 0.717) is 5.95 Å². The summed E-state index contributed by atoms with van der Waals surface area (Å²) >= 11 is 0. The molecule has 1 amide bonds. The Hall–Kier alpha value is -1.77. The smallest absolute Gasteiger partial charge is 0.240 e. The zero-order valence-electron chi connectivity index (χ0n) is 10.7. The van der Waals surface area contributed by atoms with Crippen molar-refractivity contribution in [2.45, 2.75) is 5.54 Å². The van der Waals surface area contributed by atoms with Crippen LogP contribution in [0, 0.1) is 0 Å². The lowest BCUT2D eigenvalue weighted by Crippen LogP contribution is -2.58. The summed E-state index contributed by atoms with van der Waals surface area (Å²) in [5.41, 5.74) is -1.42. The van der Waals surface area contributed by atoms with Crippen LogP contribution in [0.25, 0.3) is 0 Å². The van der Waals surface area contributed by atoms with Crippen LogP contribution in [0.5, 0.6) is 0 Å². The van der Waals surface area contributed by atoms with Crippen LogP contribution in [0.2, 0.25) is 0 Å². The highest BCUT2D eigenvalue weighted by Gasteiger charge is 2.30. The van der Waals surface area contributed by atoms with Crippen molar-refractivity contribution in [3.05, 3.63) is 18.5 Å². The molecule has 0 spiro atoms. The van der Waals surface area contributed by atoms with Gasteiger partial charge in [-0.1, -0.05) is 0 Å². The molecule has 0 unspecified atom stereocenters. The predicted octanol–water partition coefficient (Wildman–Crippen LogP) is -2.26. The van der Waals surface area contributed by atoms with E-state index in [0.717, 1.165) is 0 Å². The van der Waals surface area contributed by atoms with E-state index in [1.54, 1.807) is 25.5 Å². The van der Waals surface area contributed by atoms with Gasteiger partial charge in [0.05, 0.1) is 26.4 Å². The fourth-order valence-corrected chi connectivity index (χ4v) is 1.38. The molecule has 0 fully saturated rings. The minimum absolute atomic E-state index is 0.0637. The highest BCUT2D eigenvalue weighted by atomic mass is 16.3. The van der Waals surface area contributed by atoms with Gasteiger partial charge >= 0.3 is 0 Å². The minimum Gasteiger partial charge on any atom is -0.394 e. The summed E-state index contributed by atoms with van der Waals surface area (Å²) in [6, 6.07) is 1.66. The Morgan fingerprint density at radius 1 is 1.26 bits per heavy atom. The molecule has 19 heavy (non-hydrogen) atoms. The predicted molar refractivity (Wildman–Crippen MR) is 67.4 cm³/mol. The van der Waals surface area contributed by atoms with Crippen LogP contribution in [0.4, 0.5) is 5.95 Å². The maximum Gasteiger partial charge on any atom is 0.240 e. The third-order valence-electron chi connectivity index (χ3n) is 2.59. The Labute approximate surface area is 110 Å². The lowest BCUT2D eigenvalue weighted by atomic mass is 10.0. The highest BCUT2D eigenvalue weighted by Crippen LogP contribution is 2.04. The van der Waals surface area contributed by atoms with Crippen molar-refractivity contribution in [1.82, 2.24) is 15.3 Å². The van der Waals surface area contributed by atoms with Crippen LogP contribution in [-0.2, 0) is 4.79 Å². The van der Waals surface area contributed by atoms with E-state index in [1.165, 1.54) is 4.90 Å². The maximum atomic E-state index is 11.8. The molecule has 4 N–H and O–H groups in total. The van der Waals surface area contributed by atoms with Crippen molar-refractivity contribution < 1.29 is 20.1 Å². The maximum absolute atomic E-state index is 11.8. The van der Waals surface area contributed by atoms with Gasteiger partial charge in [-0.15, -0.1) is 0 Å². The van der Waals surface area contributed by atoms with E-state index < -0.39 is 31.3 Å². The van der Waals surface area contributed by atoms with E-state index in [2.05, 4.69) is 15.3 Å². The van der Waals surface area contributed by atoms with Crippen LogP contribution in [0.3, 0.4) is 0 Å². The van der Waals surface area contributed by atoms with Gasteiger partial charge in [0.1, 0.15) is 5.54 Å². The van der Waals surface area contributed by atoms with Gasteiger partial charge in [-0.2, -0.15) is 0 Å². The molecule has 1 rings (SSSR count). The molecule has 0 aromatic carbocycles. The molecular weight excluding hydrogens is 252 g/mol. The molecule has 0 aliphatic carbocycles. The lowest BCUT2D eigenvalue weighted by molar-refractivity contribution is -0.124. The molecule has 0 aliphatic rings. The van der Waals surface area contributed by atoms with Crippen LogP contribution in [0.1, 0.15) is 0 Å². The fourth-order valence-electron chi connectivity index (χ4n) is 1.38. The number of carbonyl (C=O) groups is 1. The second-order valence-electron chi connectivity index (χ2n) is 4.21. The first-order valence-corrected chi connectivity index (χ1v) is 5.68. The van der Waals surface area contributed by atoms with Crippen molar-refractivity contribution in [2.75, 3.05) is 38.3 Å². The molecule has 0 aliphatic heterocycles. The highest BCUT2D eigenvalue weighted by molar-refractivity contribution is 5.81. The Balaban J connectivity index is 2.60. The average Bonchev–Trinajstić information content (AvgIpc) is 2.46. The summed E-state index contributed by atoms with van der Waals surface area (Å²) in [6.45, 7) is -1.74. The molecule has 0 saturated carbocycles. The van der Waals surface area contributed by atoms with Gasteiger partial charge in [0.2, 0.25) is 11.9 Å². The Kier molecular flexibility index (Phi) is 5.61. The summed E-state index contributed by atoms with van der Waals surface area (Å²) in [5, 5.41) is 29.7. The summed E-state index contributed by atoms with van der Waals surface area (Å²) in [4.78, 5) is 21.2. The van der Waals surface area contributed by atoms with Gasteiger partial charge in [0, 0.05) is 19.4 Å². The molecule has 1 heterocycles. The summed E-state index contributed by atoms with van der Waals surface area (Å²) in [5.74, 6) is -0.0904. The first-order valence-electron chi connectivity index (χ1n) is 5.68. The molecule has 8 nitrogen and oxygen atoms in total. The third-order valence-corrected chi connectivity index (χ3v) is 2.59. The number of carbonyl (C=O) groups excluding carboxylic acids is 1. The SMILES string of the molecule is CN(CC(=O)NC(CO)(CO)CO)c1ncccn1. The topological polar surface area (TPSA) is 119 Å². The van der Waals surface area contributed by atoms with E-state index in [4.69, 9.17) is 15.3 Å². The number of nitrogens with one attached hydrogen (secondary N) is 1. The van der Waals surface area contributed by atoms with Crippen LogP contribution in [0.15, 0.2) is 18.5 Å². The van der Waals surface area contributed by atoms with Gasteiger partial charge in [0.25, 0.3) is 0 Å². The number of aromatic nitrogens is 2. The standard InChI is InChI=1S/C11H18N4O4/c1-15(10-12-3-2-4-13-10)5-9(19)14-11(6-16,7-17)8-18/h2-4,16-18H,5-8H2,1H3,(H,14,19). The third kappa shape index (κ3) is 4.12. The number of rotatable bonds is 7. The van der Waals surface area contributed by atoms with Crippen LogP contribution < -0.4 is 10.2 Å². The molecule has 0 bridgehead atoms. The van der Waals surface area contributed by atoms with Gasteiger partial charge in [-0.05, 0) is 6.07 Å². The largest absolute Gasteiger partial charge is 0.394 e. The first-order chi connectivity index (χ1) is 9.06. The van der Waals surface area contributed by atoms with Gasteiger partial charge in [0.15, 0.2) is 0 Å². The number of aliphatic hydroxyl groups is 3. The number of hydrogen-bond acceptors (Lipinski definition) is 7. The van der Waals surface area contributed by atoms with Crippen molar-refractivity contribution >= 4 is 11.9 Å². The Morgan fingerprint density at radius 3 is 2.26 bits per heavy atom. The molecule has 106 valence electrons. The molecule has 1 aromatic rings. The minimum atomic E-state index is -1.42. The second kappa shape index (κ2) is 6.98.